The molecule has 0 aromatic heterocycles. The summed E-state index contributed by atoms with van der Waals surface area (Å²) >= 11 is 11.6. The molecule has 0 aliphatic rings. The van der Waals surface area contributed by atoms with Gasteiger partial charge in [0.15, 0.2) is 0 Å². The third-order valence-corrected chi connectivity index (χ3v) is 2.87. The molecule has 0 bridgehead atoms. The van der Waals surface area contributed by atoms with Gasteiger partial charge in [-0.1, -0.05) is 23.7 Å². The lowest BCUT2D eigenvalue weighted by atomic mass is 10.2. The van der Waals surface area contributed by atoms with Gasteiger partial charge >= 0.3 is 0 Å². The highest BCUT2D eigenvalue weighted by molar-refractivity contribution is 6.32. The first-order chi connectivity index (χ1) is 7.60. The van der Waals surface area contributed by atoms with E-state index < -0.39 is 0 Å². The molecule has 0 aliphatic heterocycles. The predicted octanol–water partition coefficient (Wildman–Crippen LogP) is 2.55. The second-order valence-electron chi connectivity index (χ2n) is 3.32. The summed E-state index contributed by atoms with van der Waals surface area (Å²) in [5, 5.41) is 0.527. The van der Waals surface area contributed by atoms with E-state index in [4.69, 9.17) is 27.9 Å². The molecule has 1 rings (SSSR count). The van der Waals surface area contributed by atoms with Crippen LogP contribution >= 0.6 is 23.2 Å². The maximum atomic E-state index is 11.3. The molecule has 0 spiro atoms. The molecule has 0 saturated carbocycles. The number of alkyl halides is 1. The Morgan fingerprint density at radius 1 is 1.50 bits per heavy atom. The van der Waals surface area contributed by atoms with Crippen LogP contribution in [0.5, 0.6) is 5.75 Å². The first-order valence-electron chi connectivity index (χ1n) is 4.71. The molecular weight excluding hydrogens is 249 g/mol. The van der Waals surface area contributed by atoms with E-state index in [1.54, 1.807) is 20.2 Å². The Labute approximate surface area is 105 Å². The first kappa shape index (κ1) is 13.1. The summed E-state index contributed by atoms with van der Waals surface area (Å²) in [7, 11) is 3.24. The van der Waals surface area contributed by atoms with E-state index in [1.807, 2.05) is 12.1 Å². The summed E-state index contributed by atoms with van der Waals surface area (Å²) in [5.41, 5.74) is 0.835. The average molecular weight is 262 g/mol. The fraction of sp³-hybridized carbons (Fsp3) is 0.364. The number of ether oxygens (including phenoxy) is 1. The molecule has 0 saturated heterocycles. The second kappa shape index (κ2) is 5.97. The van der Waals surface area contributed by atoms with Crippen molar-refractivity contribution < 1.29 is 9.53 Å². The van der Waals surface area contributed by atoms with E-state index in [-0.39, 0.29) is 11.8 Å². The van der Waals surface area contributed by atoms with Crippen molar-refractivity contribution in [3.05, 3.63) is 28.8 Å². The van der Waals surface area contributed by atoms with E-state index in [2.05, 4.69) is 0 Å². The predicted molar refractivity (Wildman–Crippen MR) is 65.2 cm³/mol. The molecule has 88 valence electrons. The van der Waals surface area contributed by atoms with E-state index in [1.165, 1.54) is 4.90 Å². The minimum Gasteiger partial charge on any atom is -0.495 e. The zero-order valence-corrected chi connectivity index (χ0v) is 10.7. The van der Waals surface area contributed by atoms with Crippen molar-refractivity contribution in [2.45, 2.75) is 6.54 Å². The van der Waals surface area contributed by atoms with Gasteiger partial charge < -0.3 is 9.64 Å². The third-order valence-electron chi connectivity index (χ3n) is 2.21. The highest BCUT2D eigenvalue weighted by Crippen LogP contribution is 2.28. The summed E-state index contributed by atoms with van der Waals surface area (Å²) in [4.78, 5) is 12.8. The fourth-order valence-corrected chi connectivity index (χ4v) is 1.75. The van der Waals surface area contributed by atoms with Crippen molar-refractivity contribution in [3.8, 4) is 5.75 Å². The molecule has 3 nitrogen and oxygen atoms in total. The van der Waals surface area contributed by atoms with Crippen LogP contribution in [-0.4, -0.2) is 30.8 Å². The minimum atomic E-state index is -0.138. The monoisotopic (exact) mass is 261 g/mol. The second-order valence-corrected chi connectivity index (χ2v) is 3.96. The van der Waals surface area contributed by atoms with Crippen molar-refractivity contribution in [2.75, 3.05) is 20.0 Å². The van der Waals surface area contributed by atoms with Crippen LogP contribution in [0.1, 0.15) is 5.56 Å². The standard InChI is InChI=1S/C11H13Cl2NO2/c1-14(10(15)6-12)7-8-4-3-5-9(16-2)11(8)13/h3-5H,6-7H2,1-2H3. The van der Waals surface area contributed by atoms with Gasteiger partial charge in [0.1, 0.15) is 11.6 Å². The fourth-order valence-electron chi connectivity index (χ4n) is 1.28. The Bertz CT molecular complexity index is 382. The molecule has 0 fully saturated rings. The van der Waals surface area contributed by atoms with Crippen LogP contribution in [0.25, 0.3) is 0 Å². The van der Waals surface area contributed by atoms with Crippen LogP contribution in [0.2, 0.25) is 5.02 Å². The highest BCUT2D eigenvalue weighted by atomic mass is 35.5. The lowest BCUT2D eigenvalue weighted by molar-refractivity contribution is -0.127. The summed E-state index contributed by atoms with van der Waals surface area (Å²) in [5.74, 6) is 0.435. The number of halogens is 2. The highest BCUT2D eigenvalue weighted by Gasteiger charge is 2.11. The Balaban J connectivity index is 2.85. The summed E-state index contributed by atoms with van der Waals surface area (Å²) < 4.78 is 5.09. The van der Waals surface area contributed by atoms with Crippen LogP contribution in [0.4, 0.5) is 0 Å². The molecule has 0 aliphatic carbocycles. The van der Waals surface area contributed by atoms with Crippen molar-refractivity contribution in [1.29, 1.82) is 0 Å². The summed E-state index contributed by atoms with van der Waals surface area (Å²) in [6.07, 6.45) is 0. The van der Waals surface area contributed by atoms with E-state index in [0.717, 1.165) is 5.56 Å². The molecule has 1 aromatic carbocycles. The van der Waals surface area contributed by atoms with E-state index >= 15 is 0 Å². The lowest BCUT2D eigenvalue weighted by Crippen LogP contribution is -2.27. The van der Waals surface area contributed by atoms with Crippen molar-refractivity contribution in [2.24, 2.45) is 0 Å². The van der Waals surface area contributed by atoms with Gasteiger partial charge in [-0.2, -0.15) is 0 Å². The molecule has 0 atom stereocenters. The van der Waals surface area contributed by atoms with Crippen LogP contribution in [0.15, 0.2) is 18.2 Å². The first-order valence-corrected chi connectivity index (χ1v) is 5.62. The number of carbonyl (C=O) groups is 1. The zero-order chi connectivity index (χ0) is 12.1. The normalized spacial score (nSPS) is 10.0. The van der Waals surface area contributed by atoms with Crippen molar-refractivity contribution >= 4 is 29.1 Å². The van der Waals surface area contributed by atoms with Crippen LogP contribution in [0.3, 0.4) is 0 Å². The average Bonchev–Trinajstić information content (AvgIpc) is 2.30. The largest absolute Gasteiger partial charge is 0.495 e. The molecule has 16 heavy (non-hydrogen) atoms. The van der Waals surface area contributed by atoms with Crippen LogP contribution < -0.4 is 4.74 Å². The van der Waals surface area contributed by atoms with Crippen molar-refractivity contribution in [1.82, 2.24) is 4.90 Å². The molecule has 1 amide bonds. The number of benzene rings is 1. The molecule has 5 heteroatoms. The smallest absolute Gasteiger partial charge is 0.237 e. The molecule has 0 heterocycles. The maximum Gasteiger partial charge on any atom is 0.237 e. The van der Waals surface area contributed by atoms with Gasteiger partial charge in [-0.25, -0.2) is 0 Å². The van der Waals surface area contributed by atoms with Gasteiger partial charge in [0.05, 0.1) is 12.1 Å². The Hall–Kier alpha value is -0.930. The van der Waals surface area contributed by atoms with Gasteiger partial charge in [-0.05, 0) is 11.6 Å². The topological polar surface area (TPSA) is 29.5 Å². The molecule has 0 unspecified atom stereocenters. The molecule has 1 aromatic rings. The Morgan fingerprint density at radius 2 is 2.19 bits per heavy atom. The summed E-state index contributed by atoms with van der Waals surface area (Å²) in [6.45, 7) is 0.418. The van der Waals surface area contributed by atoms with E-state index in [9.17, 15) is 4.79 Å². The van der Waals surface area contributed by atoms with Crippen LogP contribution in [-0.2, 0) is 11.3 Å². The van der Waals surface area contributed by atoms with Crippen LogP contribution in [0, 0.1) is 0 Å². The minimum absolute atomic E-state index is 0.0297. The number of hydrogen-bond acceptors (Lipinski definition) is 2. The third kappa shape index (κ3) is 3.03. The van der Waals surface area contributed by atoms with Gasteiger partial charge in [-0.15, -0.1) is 11.6 Å². The number of rotatable bonds is 4. The number of nitrogens with zero attached hydrogens (tertiary/aromatic N) is 1. The quantitative estimate of drug-likeness (QED) is 0.780. The van der Waals surface area contributed by atoms with Crippen molar-refractivity contribution in [3.63, 3.8) is 0 Å². The maximum absolute atomic E-state index is 11.3. The van der Waals surface area contributed by atoms with Gasteiger partial charge in [0.2, 0.25) is 5.91 Å². The zero-order valence-electron chi connectivity index (χ0n) is 9.17. The van der Waals surface area contributed by atoms with Gasteiger partial charge in [0.25, 0.3) is 0 Å². The summed E-state index contributed by atoms with van der Waals surface area (Å²) in [6, 6.07) is 5.46. The SMILES string of the molecule is COc1cccc(CN(C)C(=O)CCl)c1Cl. The number of amides is 1. The van der Waals surface area contributed by atoms with Gasteiger partial charge in [-0.3, -0.25) is 4.79 Å². The molecule has 0 N–H and O–H groups in total. The molecular formula is C11H13Cl2NO2. The number of methoxy groups -OCH3 is 1. The van der Waals surface area contributed by atoms with Gasteiger partial charge in [0, 0.05) is 13.6 Å². The Kier molecular flexibility index (Phi) is 4.90. The number of hydrogen-bond donors (Lipinski definition) is 0. The lowest BCUT2D eigenvalue weighted by Gasteiger charge is -2.17. The molecule has 0 radical (unpaired) electrons. The Morgan fingerprint density at radius 3 is 2.75 bits per heavy atom. The number of carbonyl (C=O) groups excluding carboxylic acids is 1. The van der Waals surface area contributed by atoms with E-state index in [0.29, 0.717) is 17.3 Å².